The van der Waals surface area contributed by atoms with Crippen molar-refractivity contribution in [2.24, 2.45) is 5.41 Å². The first kappa shape index (κ1) is 10.4. The molecular weight excluding hydrogens is 142 g/mol. The summed E-state index contributed by atoms with van der Waals surface area (Å²) in [5, 5.41) is 11.4. The lowest BCUT2D eigenvalue weighted by atomic mass is 9.97. The molecule has 0 aromatic rings. The minimum Gasteiger partial charge on any atom is -0.384 e. The first-order valence-electron chi connectivity index (χ1n) is 3.79. The van der Waals surface area contributed by atoms with E-state index in [0.717, 1.165) is 0 Å². The fraction of sp³-hybridized carbons (Fsp3) is 0.875. The maximum absolute atomic E-state index is 10.8. The zero-order valence-corrected chi connectivity index (χ0v) is 7.64. The zero-order valence-electron chi connectivity index (χ0n) is 7.64. The molecule has 3 nitrogen and oxygen atoms in total. The van der Waals surface area contributed by atoms with E-state index in [1.807, 2.05) is 20.8 Å². The second-order valence-corrected chi connectivity index (χ2v) is 3.95. The van der Waals surface area contributed by atoms with Crippen LogP contribution < -0.4 is 5.32 Å². The van der Waals surface area contributed by atoms with E-state index in [2.05, 4.69) is 5.32 Å². The first-order valence-corrected chi connectivity index (χ1v) is 3.79. The molecule has 0 saturated heterocycles. The molecule has 0 aromatic heterocycles. The molecule has 3 heteroatoms. The van der Waals surface area contributed by atoms with Crippen LogP contribution in [0.3, 0.4) is 0 Å². The van der Waals surface area contributed by atoms with Crippen LogP contribution in [0, 0.1) is 5.41 Å². The van der Waals surface area contributed by atoms with Crippen LogP contribution in [0.5, 0.6) is 0 Å². The van der Waals surface area contributed by atoms with Crippen molar-refractivity contribution in [1.29, 1.82) is 0 Å². The van der Waals surface area contributed by atoms with E-state index in [1.165, 1.54) is 6.92 Å². The molecule has 0 aliphatic rings. The summed E-state index contributed by atoms with van der Waals surface area (Å²) in [6.45, 7) is 8.12. The van der Waals surface area contributed by atoms with E-state index in [0.29, 0.717) is 6.54 Å². The van der Waals surface area contributed by atoms with Gasteiger partial charge in [0.15, 0.2) is 0 Å². The van der Waals surface area contributed by atoms with Crippen molar-refractivity contribution < 1.29 is 9.90 Å². The van der Waals surface area contributed by atoms with Crippen molar-refractivity contribution in [1.82, 2.24) is 5.32 Å². The van der Waals surface area contributed by atoms with Gasteiger partial charge in [-0.25, -0.2) is 0 Å². The average molecular weight is 159 g/mol. The molecule has 2 N–H and O–H groups in total. The van der Waals surface area contributed by atoms with Gasteiger partial charge in [-0.05, 0) is 12.3 Å². The van der Waals surface area contributed by atoms with Crippen LogP contribution in [0.2, 0.25) is 0 Å². The number of aliphatic hydroxyl groups excluding tert-OH is 1. The summed E-state index contributed by atoms with van der Waals surface area (Å²) in [5.41, 5.74) is 0.0740. The SMILES string of the molecule is CC(O)C(=O)NCC(C)(C)C. The van der Waals surface area contributed by atoms with Gasteiger partial charge < -0.3 is 10.4 Å². The Labute approximate surface area is 67.8 Å². The van der Waals surface area contributed by atoms with Crippen LogP contribution in [0.4, 0.5) is 0 Å². The Morgan fingerprint density at radius 1 is 1.55 bits per heavy atom. The second-order valence-electron chi connectivity index (χ2n) is 3.95. The molecule has 0 saturated carbocycles. The van der Waals surface area contributed by atoms with Crippen LogP contribution >= 0.6 is 0 Å². The van der Waals surface area contributed by atoms with E-state index in [9.17, 15) is 4.79 Å². The van der Waals surface area contributed by atoms with E-state index in [1.54, 1.807) is 0 Å². The molecular formula is C8H17NO2. The lowest BCUT2D eigenvalue weighted by Crippen LogP contribution is -2.37. The largest absolute Gasteiger partial charge is 0.384 e. The standard InChI is InChI=1S/C8H17NO2/c1-6(10)7(11)9-5-8(2,3)4/h6,10H,5H2,1-4H3,(H,9,11). The summed E-state index contributed by atoms with van der Waals surface area (Å²) in [7, 11) is 0. The number of rotatable bonds is 2. The normalized spacial score (nSPS) is 14.3. The third kappa shape index (κ3) is 5.85. The minimum atomic E-state index is -0.905. The molecule has 0 rings (SSSR count). The molecule has 0 radical (unpaired) electrons. The van der Waals surface area contributed by atoms with Gasteiger partial charge in [-0.3, -0.25) is 4.79 Å². The van der Waals surface area contributed by atoms with E-state index < -0.39 is 6.10 Å². The van der Waals surface area contributed by atoms with Gasteiger partial charge in [0.1, 0.15) is 6.10 Å². The molecule has 1 atom stereocenters. The van der Waals surface area contributed by atoms with Crippen LogP contribution in [0.15, 0.2) is 0 Å². The first-order chi connectivity index (χ1) is 4.83. The summed E-state index contributed by atoms with van der Waals surface area (Å²) >= 11 is 0. The third-order valence-corrected chi connectivity index (χ3v) is 1.17. The van der Waals surface area contributed by atoms with Crippen molar-refractivity contribution in [3.63, 3.8) is 0 Å². The maximum atomic E-state index is 10.8. The Kier molecular flexibility index (Phi) is 3.52. The number of carbonyl (C=O) groups is 1. The Hall–Kier alpha value is -0.570. The summed E-state index contributed by atoms with van der Waals surface area (Å²) in [5.74, 6) is -0.306. The summed E-state index contributed by atoms with van der Waals surface area (Å²) in [4.78, 5) is 10.8. The van der Waals surface area contributed by atoms with Crippen LogP contribution in [-0.2, 0) is 4.79 Å². The molecule has 1 amide bonds. The van der Waals surface area contributed by atoms with Gasteiger partial charge in [-0.2, -0.15) is 0 Å². The summed E-state index contributed by atoms with van der Waals surface area (Å²) < 4.78 is 0. The highest BCUT2D eigenvalue weighted by Crippen LogP contribution is 2.09. The van der Waals surface area contributed by atoms with Crippen molar-refractivity contribution in [2.75, 3.05) is 6.54 Å². The van der Waals surface area contributed by atoms with Gasteiger partial charge in [0.05, 0.1) is 0 Å². The summed E-state index contributed by atoms with van der Waals surface area (Å²) in [6.07, 6.45) is -0.905. The Bertz CT molecular complexity index is 136. The maximum Gasteiger partial charge on any atom is 0.248 e. The fourth-order valence-corrected chi connectivity index (χ4v) is 0.500. The van der Waals surface area contributed by atoms with Gasteiger partial charge in [0, 0.05) is 6.54 Å². The Morgan fingerprint density at radius 2 is 2.00 bits per heavy atom. The van der Waals surface area contributed by atoms with Crippen LogP contribution in [-0.4, -0.2) is 23.7 Å². The lowest BCUT2D eigenvalue weighted by Gasteiger charge is -2.19. The molecule has 0 aliphatic heterocycles. The van der Waals surface area contributed by atoms with Gasteiger partial charge >= 0.3 is 0 Å². The highest BCUT2D eigenvalue weighted by molar-refractivity contribution is 5.79. The fourth-order valence-electron chi connectivity index (χ4n) is 0.500. The smallest absolute Gasteiger partial charge is 0.248 e. The molecule has 0 aromatic carbocycles. The topological polar surface area (TPSA) is 49.3 Å². The number of carbonyl (C=O) groups excluding carboxylic acids is 1. The highest BCUT2D eigenvalue weighted by atomic mass is 16.3. The Morgan fingerprint density at radius 3 is 2.27 bits per heavy atom. The molecule has 11 heavy (non-hydrogen) atoms. The second kappa shape index (κ2) is 3.72. The van der Waals surface area contributed by atoms with Crippen molar-refractivity contribution in [2.45, 2.75) is 33.8 Å². The minimum absolute atomic E-state index is 0.0740. The van der Waals surface area contributed by atoms with Crippen molar-refractivity contribution >= 4 is 5.91 Å². The van der Waals surface area contributed by atoms with E-state index in [-0.39, 0.29) is 11.3 Å². The van der Waals surface area contributed by atoms with Gasteiger partial charge in [0.25, 0.3) is 0 Å². The summed E-state index contributed by atoms with van der Waals surface area (Å²) in [6, 6.07) is 0. The number of amides is 1. The van der Waals surface area contributed by atoms with Crippen molar-refractivity contribution in [3.05, 3.63) is 0 Å². The van der Waals surface area contributed by atoms with E-state index >= 15 is 0 Å². The number of nitrogens with one attached hydrogen (secondary N) is 1. The molecule has 0 fully saturated rings. The highest BCUT2D eigenvalue weighted by Gasteiger charge is 2.13. The van der Waals surface area contributed by atoms with Crippen molar-refractivity contribution in [3.8, 4) is 0 Å². The number of hydrogen-bond acceptors (Lipinski definition) is 2. The predicted molar refractivity (Wildman–Crippen MR) is 44.1 cm³/mol. The Balaban J connectivity index is 3.64. The quantitative estimate of drug-likeness (QED) is 0.617. The molecule has 0 bridgehead atoms. The van der Waals surface area contributed by atoms with Gasteiger partial charge in [-0.1, -0.05) is 20.8 Å². The van der Waals surface area contributed by atoms with Crippen LogP contribution in [0.25, 0.3) is 0 Å². The van der Waals surface area contributed by atoms with Crippen LogP contribution in [0.1, 0.15) is 27.7 Å². The molecule has 0 spiro atoms. The molecule has 1 unspecified atom stereocenters. The molecule has 0 aliphatic carbocycles. The average Bonchev–Trinajstić information content (AvgIpc) is 1.80. The predicted octanol–water partition coefficient (Wildman–Crippen LogP) is 0.529. The molecule has 0 heterocycles. The van der Waals surface area contributed by atoms with Gasteiger partial charge in [0.2, 0.25) is 5.91 Å². The molecule has 66 valence electrons. The van der Waals surface area contributed by atoms with Gasteiger partial charge in [-0.15, -0.1) is 0 Å². The lowest BCUT2D eigenvalue weighted by molar-refractivity contribution is -0.128. The van der Waals surface area contributed by atoms with E-state index in [4.69, 9.17) is 5.11 Å². The monoisotopic (exact) mass is 159 g/mol. The number of aliphatic hydroxyl groups is 1. The zero-order chi connectivity index (χ0) is 9.07. The third-order valence-electron chi connectivity index (χ3n) is 1.17. The number of hydrogen-bond donors (Lipinski definition) is 2.